The predicted octanol–water partition coefficient (Wildman–Crippen LogP) is 5.17. The summed E-state index contributed by atoms with van der Waals surface area (Å²) in [5.74, 6) is 1.42. The van der Waals surface area contributed by atoms with Gasteiger partial charge in [-0.2, -0.15) is 0 Å². The first-order valence-corrected chi connectivity index (χ1v) is 9.43. The van der Waals surface area contributed by atoms with Crippen molar-refractivity contribution in [1.82, 2.24) is 4.90 Å². The zero-order valence-electron chi connectivity index (χ0n) is 14.0. The molecule has 0 fully saturated rings. The molecule has 3 nitrogen and oxygen atoms in total. The molecule has 1 aliphatic rings. The van der Waals surface area contributed by atoms with Crippen LogP contribution >= 0.6 is 11.8 Å². The van der Waals surface area contributed by atoms with Crippen molar-refractivity contribution < 1.29 is 9.21 Å². The van der Waals surface area contributed by atoms with E-state index in [1.807, 2.05) is 29.2 Å². The smallest absolute Gasteiger partial charge is 0.237 e. The van der Waals surface area contributed by atoms with Gasteiger partial charge < -0.3 is 9.32 Å². The van der Waals surface area contributed by atoms with Gasteiger partial charge in [0.15, 0.2) is 0 Å². The second kappa shape index (κ2) is 8.25. The predicted molar refractivity (Wildman–Crippen MR) is 97.7 cm³/mol. The Balaban J connectivity index is 1.70. The fraction of sp³-hybridized carbons (Fsp3) is 0.350. The van der Waals surface area contributed by atoms with E-state index >= 15 is 0 Å². The third-order valence-electron chi connectivity index (χ3n) is 4.25. The van der Waals surface area contributed by atoms with E-state index in [9.17, 15) is 4.79 Å². The van der Waals surface area contributed by atoms with Crippen LogP contribution in [0.4, 0.5) is 0 Å². The molecule has 0 aliphatic heterocycles. The number of aryl methyl sites for hydroxylation is 1. The Morgan fingerprint density at radius 2 is 2.08 bits per heavy atom. The molecule has 1 aliphatic carbocycles. The third kappa shape index (κ3) is 4.32. The highest BCUT2D eigenvalue weighted by Gasteiger charge is 2.21. The molecule has 126 valence electrons. The Kier molecular flexibility index (Phi) is 5.81. The summed E-state index contributed by atoms with van der Waals surface area (Å²) in [6.45, 7) is 2.60. The minimum atomic E-state index is 0.146. The van der Waals surface area contributed by atoms with Gasteiger partial charge in [-0.1, -0.05) is 24.3 Å². The van der Waals surface area contributed by atoms with Gasteiger partial charge in [-0.15, -0.1) is 11.8 Å². The van der Waals surface area contributed by atoms with Crippen molar-refractivity contribution in [2.24, 2.45) is 0 Å². The number of carbonyl (C=O) groups is 1. The average molecular weight is 341 g/mol. The van der Waals surface area contributed by atoms with Crippen LogP contribution in [0, 0.1) is 6.92 Å². The van der Waals surface area contributed by atoms with Gasteiger partial charge in [0.05, 0.1) is 18.6 Å². The molecule has 0 saturated carbocycles. The first-order chi connectivity index (χ1) is 11.7. The van der Waals surface area contributed by atoms with Crippen molar-refractivity contribution in [3.63, 3.8) is 0 Å². The second-order valence-corrected chi connectivity index (χ2v) is 7.07. The quantitative estimate of drug-likeness (QED) is 0.680. The van der Waals surface area contributed by atoms with Gasteiger partial charge >= 0.3 is 0 Å². The van der Waals surface area contributed by atoms with Gasteiger partial charge in [-0.05, 0) is 56.4 Å². The fourth-order valence-electron chi connectivity index (χ4n) is 2.91. The monoisotopic (exact) mass is 341 g/mol. The largest absolute Gasteiger partial charge is 0.467 e. The Morgan fingerprint density at radius 1 is 1.21 bits per heavy atom. The van der Waals surface area contributed by atoms with Gasteiger partial charge in [0, 0.05) is 10.6 Å². The van der Waals surface area contributed by atoms with Crippen molar-refractivity contribution in [3.05, 3.63) is 65.8 Å². The van der Waals surface area contributed by atoms with Gasteiger partial charge in [0.25, 0.3) is 0 Å². The summed E-state index contributed by atoms with van der Waals surface area (Å²) >= 11 is 1.61. The van der Waals surface area contributed by atoms with Crippen LogP contribution in [0.5, 0.6) is 0 Å². The van der Waals surface area contributed by atoms with E-state index in [2.05, 4.69) is 25.1 Å². The van der Waals surface area contributed by atoms with Gasteiger partial charge in [-0.3, -0.25) is 4.79 Å². The van der Waals surface area contributed by atoms with Crippen LogP contribution < -0.4 is 0 Å². The lowest BCUT2D eigenvalue weighted by molar-refractivity contribution is -0.127. The Bertz CT molecular complexity index is 706. The number of benzene rings is 1. The van der Waals surface area contributed by atoms with E-state index in [1.54, 1.807) is 18.0 Å². The van der Waals surface area contributed by atoms with Crippen LogP contribution in [0.1, 0.15) is 37.0 Å². The van der Waals surface area contributed by atoms with E-state index in [4.69, 9.17) is 4.42 Å². The fourth-order valence-corrected chi connectivity index (χ4v) is 3.82. The summed E-state index contributed by atoms with van der Waals surface area (Å²) in [6, 6.07) is 12.0. The number of carbonyl (C=O) groups excluding carboxylic acids is 1. The molecule has 0 spiro atoms. The molecule has 1 heterocycles. The lowest BCUT2D eigenvalue weighted by Crippen LogP contribution is -2.32. The average Bonchev–Trinajstić information content (AvgIpc) is 3.13. The molecule has 24 heavy (non-hydrogen) atoms. The maximum atomic E-state index is 12.9. The molecule has 0 atom stereocenters. The van der Waals surface area contributed by atoms with E-state index in [1.165, 1.54) is 16.9 Å². The molecular weight excluding hydrogens is 318 g/mol. The van der Waals surface area contributed by atoms with Crippen LogP contribution in [-0.4, -0.2) is 16.6 Å². The molecule has 0 bridgehead atoms. The van der Waals surface area contributed by atoms with Crippen LogP contribution in [-0.2, 0) is 11.3 Å². The molecule has 2 aromatic rings. The zero-order valence-corrected chi connectivity index (χ0v) is 14.8. The molecule has 0 saturated heterocycles. The lowest BCUT2D eigenvalue weighted by atomic mass is 10.0. The van der Waals surface area contributed by atoms with Gasteiger partial charge in [-0.25, -0.2) is 0 Å². The van der Waals surface area contributed by atoms with Crippen LogP contribution in [0.2, 0.25) is 0 Å². The summed E-state index contributed by atoms with van der Waals surface area (Å²) in [7, 11) is 0. The molecular formula is C20H23NO2S. The minimum absolute atomic E-state index is 0.146. The number of rotatable bonds is 6. The Hall–Kier alpha value is -1.94. The highest BCUT2D eigenvalue weighted by atomic mass is 32.2. The van der Waals surface area contributed by atoms with Crippen molar-refractivity contribution in [2.75, 3.05) is 5.75 Å². The third-order valence-corrected chi connectivity index (χ3v) is 5.41. The Labute approximate surface area is 147 Å². The number of amides is 1. The van der Waals surface area contributed by atoms with Gasteiger partial charge in [0.1, 0.15) is 5.76 Å². The topological polar surface area (TPSA) is 33.5 Å². The number of nitrogens with zero attached hydrogens (tertiary/aromatic N) is 1. The lowest BCUT2D eigenvalue weighted by Gasteiger charge is -2.27. The molecule has 1 aromatic carbocycles. The van der Waals surface area contributed by atoms with E-state index in [-0.39, 0.29) is 5.91 Å². The van der Waals surface area contributed by atoms with E-state index < -0.39 is 0 Å². The first kappa shape index (κ1) is 16.9. The molecule has 0 radical (unpaired) electrons. The zero-order chi connectivity index (χ0) is 16.8. The number of thioether (sulfide) groups is 1. The molecule has 1 amide bonds. The minimum Gasteiger partial charge on any atom is -0.467 e. The van der Waals surface area contributed by atoms with E-state index in [0.717, 1.165) is 30.7 Å². The highest BCUT2D eigenvalue weighted by Crippen LogP contribution is 2.26. The number of furan rings is 1. The van der Waals surface area contributed by atoms with Crippen LogP contribution in [0.3, 0.4) is 0 Å². The highest BCUT2D eigenvalue weighted by molar-refractivity contribution is 8.00. The Morgan fingerprint density at radius 3 is 2.79 bits per heavy atom. The van der Waals surface area contributed by atoms with Crippen LogP contribution in [0.25, 0.3) is 0 Å². The van der Waals surface area contributed by atoms with Crippen molar-refractivity contribution in [1.29, 1.82) is 0 Å². The molecule has 0 unspecified atom stereocenters. The number of allylic oxidation sites excluding steroid dienone is 2. The SMILES string of the molecule is Cc1ccccc1SCC(=O)N(Cc1ccco1)C1=CCCCC1. The molecule has 4 heteroatoms. The van der Waals surface area contributed by atoms with Crippen LogP contribution in [0.15, 0.2) is 63.7 Å². The normalized spacial score (nSPS) is 14.3. The second-order valence-electron chi connectivity index (χ2n) is 6.05. The maximum Gasteiger partial charge on any atom is 0.237 e. The summed E-state index contributed by atoms with van der Waals surface area (Å²) in [5, 5.41) is 0. The molecule has 0 N–H and O–H groups in total. The summed E-state index contributed by atoms with van der Waals surface area (Å²) in [5.41, 5.74) is 2.36. The van der Waals surface area contributed by atoms with Crippen molar-refractivity contribution >= 4 is 17.7 Å². The summed E-state index contributed by atoms with van der Waals surface area (Å²) in [6.07, 6.45) is 8.27. The van der Waals surface area contributed by atoms with Crippen molar-refractivity contribution in [3.8, 4) is 0 Å². The van der Waals surface area contributed by atoms with Crippen molar-refractivity contribution in [2.45, 2.75) is 44.0 Å². The summed E-state index contributed by atoms with van der Waals surface area (Å²) < 4.78 is 5.46. The number of hydrogen-bond acceptors (Lipinski definition) is 3. The molecule has 1 aromatic heterocycles. The maximum absolute atomic E-state index is 12.9. The van der Waals surface area contributed by atoms with E-state index in [0.29, 0.717) is 12.3 Å². The van der Waals surface area contributed by atoms with Gasteiger partial charge in [0.2, 0.25) is 5.91 Å². The first-order valence-electron chi connectivity index (χ1n) is 8.44. The number of hydrogen-bond donors (Lipinski definition) is 0. The molecule has 3 rings (SSSR count). The summed E-state index contributed by atoms with van der Waals surface area (Å²) in [4.78, 5) is 15.9. The standard InChI is InChI=1S/C20H23NO2S/c1-16-8-5-6-12-19(16)24-15-20(22)21(14-18-11-7-13-23-18)17-9-3-2-4-10-17/h5-9,11-13H,2-4,10,14-15H2,1H3.